The van der Waals surface area contributed by atoms with Crippen molar-refractivity contribution in [1.29, 1.82) is 0 Å². The number of alkyl halides is 3. The Labute approximate surface area is 143 Å². The molecule has 0 saturated carbocycles. The molecular weight excluding hydrogens is 371 g/mol. The molecule has 1 fully saturated rings. The van der Waals surface area contributed by atoms with Crippen LogP contribution < -0.4 is 10.9 Å². The number of aromatic amines is 1. The van der Waals surface area contributed by atoms with Crippen molar-refractivity contribution in [2.45, 2.75) is 43.5 Å². The minimum Gasteiger partial charge on any atom is -0.394 e. The molecule has 5 atom stereocenters. The highest BCUT2D eigenvalue weighted by Crippen LogP contribution is 2.29. The SMILES string of the molecule is O=c1[nH]c(=S)n([C@@H]2O[C@H](CO)C(O)C2O)cc1CNC(O)C(F)(F)F. The number of aromatic nitrogens is 2. The number of nitrogens with zero attached hydrogens (tertiary/aromatic N) is 1. The van der Waals surface area contributed by atoms with Crippen molar-refractivity contribution in [1.82, 2.24) is 14.9 Å². The standard InChI is InChI=1S/C12H16F3N3O6S/c13-12(14,15)10(23)16-1-4-2-18(11(25)17-8(4)22)9-7(21)6(20)5(3-19)24-9/h2,5-7,9-10,16,19-21,23H,1,3H2,(H,17,22,25)/t5-,6?,7?,9-,10?/m1/s1. The van der Waals surface area contributed by atoms with Crippen molar-refractivity contribution >= 4 is 12.2 Å². The Bertz CT molecular complexity index is 723. The monoisotopic (exact) mass is 387 g/mol. The quantitative estimate of drug-likeness (QED) is 0.265. The highest BCUT2D eigenvalue weighted by Gasteiger charge is 2.43. The zero-order chi connectivity index (χ0) is 18.9. The molecule has 142 valence electrons. The molecule has 0 radical (unpaired) electrons. The first-order valence-corrected chi connectivity index (χ1v) is 7.42. The van der Waals surface area contributed by atoms with Crippen molar-refractivity contribution < 1.29 is 38.3 Å². The van der Waals surface area contributed by atoms with E-state index in [1.54, 1.807) is 5.32 Å². The molecule has 1 aliphatic rings. The van der Waals surface area contributed by atoms with E-state index in [0.29, 0.717) is 0 Å². The van der Waals surface area contributed by atoms with Crippen LogP contribution in [-0.4, -0.2) is 67.3 Å². The van der Waals surface area contributed by atoms with Gasteiger partial charge < -0.3 is 25.2 Å². The third-order valence-corrected chi connectivity index (χ3v) is 3.94. The molecule has 1 aromatic rings. The van der Waals surface area contributed by atoms with E-state index in [9.17, 15) is 28.2 Å². The lowest BCUT2D eigenvalue weighted by Crippen LogP contribution is -2.42. The van der Waals surface area contributed by atoms with Gasteiger partial charge in [0.25, 0.3) is 5.56 Å². The molecule has 1 saturated heterocycles. The maximum Gasteiger partial charge on any atom is 0.427 e. The Balaban J connectivity index is 2.27. The molecule has 0 aliphatic carbocycles. The van der Waals surface area contributed by atoms with Gasteiger partial charge in [-0.1, -0.05) is 0 Å². The molecule has 25 heavy (non-hydrogen) atoms. The van der Waals surface area contributed by atoms with Gasteiger partial charge in [0.1, 0.15) is 18.3 Å². The second kappa shape index (κ2) is 7.49. The van der Waals surface area contributed by atoms with Gasteiger partial charge in [0.2, 0.25) is 6.23 Å². The molecule has 0 aromatic carbocycles. The van der Waals surface area contributed by atoms with Gasteiger partial charge in [-0.3, -0.25) is 19.7 Å². The van der Waals surface area contributed by atoms with Gasteiger partial charge in [-0.15, -0.1) is 0 Å². The Morgan fingerprint density at radius 3 is 2.56 bits per heavy atom. The molecule has 0 amide bonds. The summed E-state index contributed by atoms with van der Waals surface area (Å²) in [6, 6.07) is 0. The second-order valence-corrected chi connectivity index (χ2v) is 5.76. The molecule has 1 aliphatic heterocycles. The Hall–Kier alpha value is -1.35. The molecule has 2 rings (SSSR count). The van der Waals surface area contributed by atoms with Gasteiger partial charge in [-0.2, -0.15) is 13.2 Å². The van der Waals surface area contributed by atoms with Crippen LogP contribution in [0.1, 0.15) is 11.8 Å². The van der Waals surface area contributed by atoms with Gasteiger partial charge >= 0.3 is 6.18 Å². The van der Waals surface area contributed by atoms with Crippen molar-refractivity contribution in [3.8, 4) is 0 Å². The van der Waals surface area contributed by atoms with Crippen LogP contribution in [-0.2, 0) is 11.3 Å². The lowest BCUT2D eigenvalue weighted by atomic mass is 10.1. The topological polar surface area (TPSA) is 140 Å². The molecule has 0 spiro atoms. The molecule has 0 bridgehead atoms. The molecule has 6 N–H and O–H groups in total. The molecule has 2 heterocycles. The Morgan fingerprint density at radius 2 is 2.04 bits per heavy atom. The maximum absolute atomic E-state index is 12.3. The predicted molar refractivity (Wildman–Crippen MR) is 77.8 cm³/mol. The van der Waals surface area contributed by atoms with Crippen LogP contribution in [0.25, 0.3) is 0 Å². The average molecular weight is 387 g/mol. The summed E-state index contributed by atoms with van der Waals surface area (Å²) in [6.45, 7) is -1.24. The zero-order valence-corrected chi connectivity index (χ0v) is 13.3. The summed E-state index contributed by atoms with van der Waals surface area (Å²) in [7, 11) is 0. The number of H-pyrrole nitrogens is 1. The summed E-state index contributed by atoms with van der Waals surface area (Å²) in [4.78, 5) is 14.0. The average Bonchev–Trinajstić information content (AvgIpc) is 2.81. The van der Waals surface area contributed by atoms with Crippen LogP contribution in [0.5, 0.6) is 0 Å². The lowest BCUT2D eigenvalue weighted by Gasteiger charge is -2.20. The van der Waals surface area contributed by atoms with Crippen molar-refractivity contribution in [2.24, 2.45) is 0 Å². The van der Waals surface area contributed by atoms with Crippen molar-refractivity contribution in [2.75, 3.05) is 6.61 Å². The second-order valence-electron chi connectivity index (χ2n) is 5.37. The summed E-state index contributed by atoms with van der Waals surface area (Å²) in [5.41, 5.74) is -1.02. The summed E-state index contributed by atoms with van der Waals surface area (Å²) >= 11 is 4.92. The molecule has 3 unspecified atom stereocenters. The molecule has 13 heteroatoms. The van der Waals surface area contributed by atoms with Crippen molar-refractivity contribution in [3.05, 3.63) is 26.9 Å². The first-order valence-electron chi connectivity index (χ1n) is 7.01. The summed E-state index contributed by atoms with van der Waals surface area (Å²) in [5.74, 6) is 0. The third-order valence-electron chi connectivity index (χ3n) is 3.63. The maximum atomic E-state index is 12.3. The van der Waals surface area contributed by atoms with Gasteiger partial charge in [0, 0.05) is 18.3 Å². The van der Waals surface area contributed by atoms with E-state index in [1.165, 1.54) is 0 Å². The predicted octanol–water partition coefficient (Wildman–Crippen LogP) is -1.51. The number of hydrogen-bond donors (Lipinski definition) is 6. The van der Waals surface area contributed by atoms with Gasteiger partial charge in [0.15, 0.2) is 11.0 Å². The van der Waals surface area contributed by atoms with Gasteiger partial charge in [0.05, 0.1) is 6.61 Å². The number of aliphatic hydroxyl groups excluding tert-OH is 4. The summed E-state index contributed by atoms with van der Waals surface area (Å²) in [6.07, 6.45) is -12.0. The minimum atomic E-state index is -4.91. The van der Waals surface area contributed by atoms with Crippen LogP contribution in [0, 0.1) is 4.77 Å². The van der Waals surface area contributed by atoms with E-state index in [1.807, 2.05) is 0 Å². The highest BCUT2D eigenvalue weighted by atomic mass is 32.1. The van der Waals surface area contributed by atoms with Crippen LogP contribution in [0.2, 0.25) is 0 Å². The highest BCUT2D eigenvalue weighted by molar-refractivity contribution is 7.71. The number of nitrogens with one attached hydrogen (secondary N) is 2. The van der Waals surface area contributed by atoms with E-state index in [2.05, 4.69) is 4.98 Å². The lowest BCUT2D eigenvalue weighted by molar-refractivity contribution is -0.213. The first kappa shape index (κ1) is 20.0. The minimum absolute atomic E-state index is 0.208. The Morgan fingerprint density at radius 1 is 1.40 bits per heavy atom. The fraction of sp³-hybridized carbons (Fsp3) is 0.667. The summed E-state index contributed by atoms with van der Waals surface area (Å²) < 4.78 is 43.0. The fourth-order valence-corrected chi connectivity index (χ4v) is 2.52. The van der Waals surface area contributed by atoms with E-state index in [4.69, 9.17) is 27.2 Å². The normalized spacial score (nSPS) is 28.3. The number of halogens is 3. The largest absolute Gasteiger partial charge is 0.427 e. The van der Waals surface area contributed by atoms with E-state index in [-0.39, 0.29) is 10.3 Å². The molecular formula is C12H16F3N3O6S. The van der Waals surface area contributed by atoms with Gasteiger partial charge in [-0.25, -0.2) is 0 Å². The van der Waals surface area contributed by atoms with E-state index in [0.717, 1.165) is 10.8 Å². The number of rotatable bonds is 5. The van der Waals surface area contributed by atoms with E-state index >= 15 is 0 Å². The molecule has 9 nitrogen and oxygen atoms in total. The third kappa shape index (κ3) is 4.25. The molecule has 1 aromatic heterocycles. The zero-order valence-electron chi connectivity index (χ0n) is 12.5. The van der Waals surface area contributed by atoms with Crippen LogP contribution in [0.4, 0.5) is 13.2 Å². The van der Waals surface area contributed by atoms with Crippen LogP contribution in [0.3, 0.4) is 0 Å². The van der Waals surface area contributed by atoms with Crippen LogP contribution in [0.15, 0.2) is 11.0 Å². The van der Waals surface area contributed by atoms with E-state index < -0.39 is 55.7 Å². The van der Waals surface area contributed by atoms with Crippen molar-refractivity contribution in [3.63, 3.8) is 0 Å². The van der Waals surface area contributed by atoms with Gasteiger partial charge in [-0.05, 0) is 12.2 Å². The Kier molecular flexibility index (Phi) is 5.98. The van der Waals surface area contributed by atoms with Crippen LogP contribution >= 0.6 is 12.2 Å². The first-order chi connectivity index (χ1) is 11.6. The number of hydrogen-bond acceptors (Lipinski definition) is 8. The number of aliphatic hydroxyl groups is 4. The smallest absolute Gasteiger partial charge is 0.394 e. The number of ether oxygens (including phenoxy) is 1. The fourth-order valence-electron chi connectivity index (χ4n) is 2.27. The summed E-state index contributed by atoms with van der Waals surface area (Å²) in [5, 5.41) is 39.4.